The van der Waals surface area contributed by atoms with Crippen LogP contribution in [0.4, 0.5) is 0 Å². The summed E-state index contributed by atoms with van der Waals surface area (Å²) in [5, 5.41) is 4.14. The highest BCUT2D eigenvalue weighted by Gasteiger charge is 2.35. The van der Waals surface area contributed by atoms with Gasteiger partial charge in [-0.25, -0.2) is 4.98 Å². The van der Waals surface area contributed by atoms with Crippen molar-refractivity contribution in [2.45, 2.75) is 37.8 Å². The summed E-state index contributed by atoms with van der Waals surface area (Å²) in [6.07, 6.45) is 4.82. The number of halogens is 1. The summed E-state index contributed by atoms with van der Waals surface area (Å²) in [6.45, 7) is 3.41. The van der Waals surface area contributed by atoms with Crippen molar-refractivity contribution in [3.05, 3.63) is 29.1 Å². The number of nitrogens with zero attached hydrogens (tertiary/aromatic N) is 2. The summed E-state index contributed by atoms with van der Waals surface area (Å²) in [6, 6.07) is 6.66. The number of likely N-dealkylation sites (tertiary alicyclic amines) is 1. The van der Waals surface area contributed by atoms with E-state index in [1.54, 1.807) is 0 Å². The van der Waals surface area contributed by atoms with Crippen LogP contribution in [0.2, 0.25) is 5.02 Å². The average molecular weight is 306 g/mol. The van der Waals surface area contributed by atoms with Crippen molar-refractivity contribution >= 4 is 22.7 Å². The lowest BCUT2D eigenvalue weighted by Gasteiger charge is -2.34. The molecule has 4 nitrogen and oxygen atoms in total. The van der Waals surface area contributed by atoms with Gasteiger partial charge in [0.1, 0.15) is 5.52 Å². The Morgan fingerprint density at radius 2 is 2.10 bits per heavy atom. The Bertz CT molecular complexity index is 635. The molecular weight excluding hydrogens is 286 g/mol. The van der Waals surface area contributed by atoms with E-state index in [9.17, 15) is 0 Å². The van der Waals surface area contributed by atoms with Gasteiger partial charge in [0.2, 0.25) is 5.89 Å². The van der Waals surface area contributed by atoms with Crippen LogP contribution in [0.25, 0.3) is 11.1 Å². The molecule has 1 N–H and O–H groups in total. The molecule has 5 heteroatoms. The monoisotopic (exact) mass is 305 g/mol. The van der Waals surface area contributed by atoms with E-state index in [0.717, 1.165) is 43.0 Å². The summed E-state index contributed by atoms with van der Waals surface area (Å²) in [5.74, 6) is 0.864. The molecular formula is C16H20ClN3O. The standard InChI is InChI=1S/C16H20ClN3O/c17-11-3-4-13-15(10-11)21-16(19-13)14-2-1-9-20(14)12-5-7-18-8-6-12/h3-4,10,12,14,18H,1-2,5-9H2. The van der Waals surface area contributed by atoms with Gasteiger partial charge in [-0.2, -0.15) is 0 Å². The molecule has 2 fully saturated rings. The van der Waals surface area contributed by atoms with Crippen LogP contribution in [0.5, 0.6) is 0 Å². The molecule has 4 rings (SSSR count). The van der Waals surface area contributed by atoms with Crippen molar-refractivity contribution in [1.29, 1.82) is 0 Å². The number of aromatic nitrogens is 1. The Hall–Kier alpha value is -1.10. The first kappa shape index (κ1) is 13.6. The maximum atomic E-state index is 6.03. The fraction of sp³-hybridized carbons (Fsp3) is 0.562. The van der Waals surface area contributed by atoms with Gasteiger partial charge >= 0.3 is 0 Å². The number of rotatable bonds is 2. The van der Waals surface area contributed by atoms with Crippen molar-refractivity contribution < 1.29 is 4.42 Å². The second-order valence-corrected chi connectivity index (χ2v) is 6.48. The van der Waals surface area contributed by atoms with Crippen LogP contribution in [0.3, 0.4) is 0 Å². The minimum Gasteiger partial charge on any atom is -0.439 e. The van der Waals surface area contributed by atoms with E-state index in [4.69, 9.17) is 21.0 Å². The highest BCUT2D eigenvalue weighted by Crippen LogP contribution is 2.36. The summed E-state index contributed by atoms with van der Waals surface area (Å²) in [7, 11) is 0. The molecule has 1 unspecified atom stereocenters. The molecule has 0 saturated carbocycles. The Labute approximate surface area is 129 Å². The Morgan fingerprint density at radius 3 is 2.95 bits per heavy atom. The molecule has 21 heavy (non-hydrogen) atoms. The number of nitrogens with one attached hydrogen (secondary N) is 1. The average Bonchev–Trinajstić information content (AvgIpc) is 3.13. The fourth-order valence-electron chi connectivity index (χ4n) is 3.69. The molecule has 0 aliphatic carbocycles. The maximum absolute atomic E-state index is 6.03. The topological polar surface area (TPSA) is 41.3 Å². The SMILES string of the molecule is Clc1ccc2nc(C3CCCN3C3CCNCC3)oc2c1. The zero-order valence-electron chi connectivity index (χ0n) is 12.0. The van der Waals surface area contributed by atoms with Crippen molar-refractivity contribution in [1.82, 2.24) is 15.2 Å². The lowest BCUT2D eigenvalue weighted by Crippen LogP contribution is -2.42. The third-order valence-corrected chi connectivity index (χ3v) is 4.96. The molecule has 112 valence electrons. The number of fused-ring (bicyclic) bond motifs is 1. The molecule has 0 radical (unpaired) electrons. The summed E-state index contributed by atoms with van der Waals surface area (Å²) < 4.78 is 6.00. The van der Waals surface area contributed by atoms with Gasteiger partial charge in [0, 0.05) is 17.1 Å². The van der Waals surface area contributed by atoms with E-state index in [1.807, 2.05) is 18.2 Å². The molecule has 1 aromatic heterocycles. The third-order valence-electron chi connectivity index (χ3n) is 4.72. The number of benzene rings is 1. The predicted molar refractivity (Wildman–Crippen MR) is 83.6 cm³/mol. The highest BCUT2D eigenvalue weighted by molar-refractivity contribution is 6.31. The van der Waals surface area contributed by atoms with E-state index in [-0.39, 0.29) is 0 Å². The Kier molecular flexibility index (Phi) is 3.61. The molecule has 2 aliphatic heterocycles. The minimum absolute atomic E-state index is 0.333. The van der Waals surface area contributed by atoms with Crippen molar-refractivity contribution in [2.24, 2.45) is 0 Å². The largest absolute Gasteiger partial charge is 0.439 e. The molecule has 2 aliphatic rings. The number of hydrogen-bond acceptors (Lipinski definition) is 4. The lowest BCUT2D eigenvalue weighted by atomic mass is 10.0. The van der Waals surface area contributed by atoms with E-state index >= 15 is 0 Å². The lowest BCUT2D eigenvalue weighted by molar-refractivity contribution is 0.132. The number of piperidine rings is 1. The summed E-state index contributed by atoms with van der Waals surface area (Å²) in [5.41, 5.74) is 1.71. The van der Waals surface area contributed by atoms with E-state index in [2.05, 4.69) is 10.2 Å². The first-order chi connectivity index (χ1) is 10.3. The molecule has 0 amide bonds. The van der Waals surface area contributed by atoms with Crippen LogP contribution < -0.4 is 5.32 Å². The molecule has 2 aromatic rings. The molecule has 3 heterocycles. The quantitative estimate of drug-likeness (QED) is 0.923. The molecule has 0 spiro atoms. The van der Waals surface area contributed by atoms with E-state index in [0.29, 0.717) is 17.1 Å². The van der Waals surface area contributed by atoms with Crippen LogP contribution in [0, 0.1) is 0 Å². The highest BCUT2D eigenvalue weighted by atomic mass is 35.5. The Balaban J connectivity index is 1.63. The van der Waals surface area contributed by atoms with E-state index in [1.165, 1.54) is 19.3 Å². The summed E-state index contributed by atoms with van der Waals surface area (Å²) >= 11 is 6.03. The minimum atomic E-state index is 0.333. The van der Waals surface area contributed by atoms with E-state index < -0.39 is 0 Å². The predicted octanol–water partition coefficient (Wildman–Crippen LogP) is 3.37. The molecule has 1 aromatic carbocycles. The van der Waals surface area contributed by atoms with Gasteiger partial charge in [0.05, 0.1) is 6.04 Å². The third kappa shape index (κ3) is 2.56. The first-order valence-electron chi connectivity index (χ1n) is 7.84. The van der Waals surface area contributed by atoms with Gasteiger partial charge < -0.3 is 9.73 Å². The van der Waals surface area contributed by atoms with Crippen LogP contribution in [0.15, 0.2) is 22.6 Å². The van der Waals surface area contributed by atoms with Crippen LogP contribution in [0.1, 0.15) is 37.6 Å². The van der Waals surface area contributed by atoms with Crippen molar-refractivity contribution in [3.63, 3.8) is 0 Å². The van der Waals surface area contributed by atoms with Crippen LogP contribution >= 0.6 is 11.6 Å². The summed E-state index contributed by atoms with van der Waals surface area (Å²) in [4.78, 5) is 7.30. The maximum Gasteiger partial charge on any atom is 0.212 e. The van der Waals surface area contributed by atoms with Crippen molar-refractivity contribution in [2.75, 3.05) is 19.6 Å². The van der Waals surface area contributed by atoms with Gasteiger partial charge in [-0.15, -0.1) is 0 Å². The molecule has 1 atom stereocenters. The van der Waals surface area contributed by atoms with Gasteiger partial charge in [-0.1, -0.05) is 11.6 Å². The van der Waals surface area contributed by atoms with Gasteiger partial charge in [-0.3, -0.25) is 4.90 Å². The van der Waals surface area contributed by atoms with Gasteiger partial charge in [0.25, 0.3) is 0 Å². The van der Waals surface area contributed by atoms with Crippen molar-refractivity contribution in [3.8, 4) is 0 Å². The van der Waals surface area contributed by atoms with Crippen LogP contribution in [-0.4, -0.2) is 35.6 Å². The number of oxazole rings is 1. The number of hydrogen-bond donors (Lipinski definition) is 1. The normalized spacial score (nSPS) is 24.9. The van der Waals surface area contributed by atoms with Gasteiger partial charge in [-0.05, 0) is 57.5 Å². The fourth-order valence-corrected chi connectivity index (χ4v) is 3.85. The van der Waals surface area contributed by atoms with Crippen LogP contribution in [-0.2, 0) is 0 Å². The molecule has 0 bridgehead atoms. The second-order valence-electron chi connectivity index (χ2n) is 6.04. The smallest absolute Gasteiger partial charge is 0.212 e. The molecule has 2 saturated heterocycles. The van der Waals surface area contributed by atoms with Gasteiger partial charge in [0.15, 0.2) is 5.58 Å². The zero-order valence-corrected chi connectivity index (χ0v) is 12.8. The first-order valence-corrected chi connectivity index (χ1v) is 8.21. The second kappa shape index (κ2) is 5.59. The Morgan fingerprint density at radius 1 is 1.24 bits per heavy atom. The zero-order chi connectivity index (χ0) is 14.2.